The molecule has 0 unspecified atom stereocenters. The summed E-state index contributed by atoms with van der Waals surface area (Å²) in [5, 5.41) is 0. The molecule has 0 bridgehead atoms. The van der Waals surface area contributed by atoms with E-state index in [0.29, 0.717) is 6.61 Å². The standard InChI is InChI=1S/C26H29NO/c1-3-27(4-2)19-20-28-25-17-15-24(16-18-25)26(23-13-9-6-10-14-23)21-22-11-7-5-8-12-22/h5-18,21H,3-4,19-20H2,1-2H3/b26-21+. The van der Waals surface area contributed by atoms with Crippen molar-refractivity contribution in [2.45, 2.75) is 13.8 Å². The number of hydrogen-bond donors (Lipinski definition) is 0. The zero-order chi connectivity index (χ0) is 19.6. The quantitative estimate of drug-likeness (QED) is 0.428. The molecule has 0 N–H and O–H groups in total. The molecule has 0 saturated heterocycles. The fourth-order valence-corrected chi connectivity index (χ4v) is 3.23. The average molecular weight is 372 g/mol. The molecule has 0 radical (unpaired) electrons. The molecule has 0 aliphatic carbocycles. The highest BCUT2D eigenvalue weighted by molar-refractivity contribution is 5.91. The first-order valence-electron chi connectivity index (χ1n) is 10.1. The van der Waals surface area contributed by atoms with E-state index >= 15 is 0 Å². The van der Waals surface area contributed by atoms with Gasteiger partial charge in [0.15, 0.2) is 0 Å². The molecule has 0 atom stereocenters. The Hall–Kier alpha value is -2.84. The first kappa shape index (κ1) is 19.9. The van der Waals surface area contributed by atoms with E-state index in [4.69, 9.17) is 4.74 Å². The molecular weight excluding hydrogens is 342 g/mol. The summed E-state index contributed by atoms with van der Waals surface area (Å²) >= 11 is 0. The van der Waals surface area contributed by atoms with Gasteiger partial charge in [0.05, 0.1) is 0 Å². The van der Waals surface area contributed by atoms with Gasteiger partial charge in [-0.1, -0.05) is 86.6 Å². The van der Waals surface area contributed by atoms with Crippen molar-refractivity contribution >= 4 is 11.6 Å². The van der Waals surface area contributed by atoms with Crippen LogP contribution in [0.1, 0.15) is 30.5 Å². The van der Waals surface area contributed by atoms with Crippen LogP contribution in [0.5, 0.6) is 5.75 Å². The minimum atomic E-state index is 0.715. The minimum absolute atomic E-state index is 0.715. The second-order valence-electron chi connectivity index (χ2n) is 6.73. The topological polar surface area (TPSA) is 12.5 Å². The lowest BCUT2D eigenvalue weighted by atomic mass is 9.95. The van der Waals surface area contributed by atoms with E-state index in [1.807, 2.05) is 6.07 Å². The predicted octanol–water partition coefficient (Wildman–Crippen LogP) is 6.00. The Balaban J connectivity index is 1.79. The van der Waals surface area contributed by atoms with Crippen LogP contribution in [0.4, 0.5) is 0 Å². The summed E-state index contributed by atoms with van der Waals surface area (Å²) in [5.41, 5.74) is 4.80. The molecule has 28 heavy (non-hydrogen) atoms. The molecule has 0 spiro atoms. The Labute approximate surface area is 169 Å². The molecule has 144 valence electrons. The maximum atomic E-state index is 5.94. The van der Waals surface area contributed by atoms with Crippen molar-refractivity contribution < 1.29 is 4.74 Å². The van der Waals surface area contributed by atoms with E-state index in [-0.39, 0.29) is 0 Å². The largest absolute Gasteiger partial charge is 0.492 e. The summed E-state index contributed by atoms with van der Waals surface area (Å²) < 4.78 is 5.94. The van der Waals surface area contributed by atoms with Crippen molar-refractivity contribution in [2.75, 3.05) is 26.2 Å². The number of hydrogen-bond acceptors (Lipinski definition) is 2. The van der Waals surface area contributed by atoms with Crippen molar-refractivity contribution in [1.29, 1.82) is 0 Å². The van der Waals surface area contributed by atoms with Crippen LogP contribution in [0, 0.1) is 0 Å². The van der Waals surface area contributed by atoms with Crippen molar-refractivity contribution in [3.63, 3.8) is 0 Å². The summed E-state index contributed by atoms with van der Waals surface area (Å²) in [4.78, 5) is 2.37. The fraction of sp³-hybridized carbons (Fsp3) is 0.231. The normalized spacial score (nSPS) is 11.6. The van der Waals surface area contributed by atoms with E-state index in [0.717, 1.165) is 25.4 Å². The van der Waals surface area contributed by atoms with E-state index in [1.54, 1.807) is 0 Å². The predicted molar refractivity (Wildman–Crippen MR) is 120 cm³/mol. The van der Waals surface area contributed by atoms with Gasteiger partial charge in [0, 0.05) is 6.54 Å². The molecule has 3 rings (SSSR count). The first-order valence-corrected chi connectivity index (χ1v) is 10.1. The van der Waals surface area contributed by atoms with Gasteiger partial charge in [0.25, 0.3) is 0 Å². The van der Waals surface area contributed by atoms with Crippen LogP contribution in [0.25, 0.3) is 11.6 Å². The minimum Gasteiger partial charge on any atom is -0.492 e. The molecule has 3 aromatic carbocycles. The van der Waals surface area contributed by atoms with Crippen LogP contribution >= 0.6 is 0 Å². The second-order valence-corrected chi connectivity index (χ2v) is 6.73. The molecule has 0 fully saturated rings. The van der Waals surface area contributed by atoms with E-state index in [1.165, 1.54) is 22.3 Å². The van der Waals surface area contributed by atoms with Gasteiger partial charge in [-0.2, -0.15) is 0 Å². The van der Waals surface area contributed by atoms with Gasteiger partial charge in [-0.25, -0.2) is 0 Å². The average Bonchev–Trinajstić information content (AvgIpc) is 2.77. The third-order valence-corrected chi connectivity index (χ3v) is 4.93. The van der Waals surface area contributed by atoms with Gasteiger partial charge in [0.1, 0.15) is 12.4 Å². The Morgan fingerprint density at radius 1 is 0.750 bits per heavy atom. The van der Waals surface area contributed by atoms with Crippen molar-refractivity contribution in [3.8, 4) is 5.75 Å². The number of likely N-dealkylation sites (N-methyl/N-ethyl adjacent to an activating group) is 1. The van der Waals surface area contributed by atoms with Crippen molar-refractivity contribution in [3.05, 3.63) is 102 Å². The zero-order valence-corrected chi connectivity index (χ0v) is 16.8. The Morgan fingerprint density at radius 3 is 1.93 bits per heavy atom. The van der Waals surface area contributed by atoms with Gasteiger partial charge in [-0.05, 0) is 53.6 Å². The SMILES string of the molecule is CCN(CC)CCOc1ccc(/C(=C/c2ccccc2)c2ccccc2)cc1. The summed E-state index contributed by atoms with van der Waals surface area (Å²) in [6.07, 6.45) is 2.24. The molecular formula is C26H29NO. The highest BCUT2D eigenvalue weighted by Crippen LogP contribution is 2.27. The molecule has 0 aromatic heterocycles. The summed E-state index contributed by atoms with van der Waals surface area (Å²) in [6.45, 7) is 8.16. The highest BCUT2D eigenvalue weighted by Gasteiger charge is 2.06. The Kier molecular flexibility index (Phi) is 7.45. The number of nitrogens with zero attached hydrogens (tertiary/aromatic N) is 1. The van der Waals surface area contributed by atoms with E-state index in [2.05, 4.69) is 104 Å². The molecule has 0 amide bonds. The van der Waals surface area contributed by atoms with Crippen molar-refractivity contribution in [2.24, 2.45) is 0 Å². The number of benzene rings is 3. The monoisotopic (exact) mass is 371 g/mol. The second kappa shape index (κ2) is 10.5. The van der Waals surface area contributed by atoms with Gasteiger partial charge < -0.3 is 9.64 Å². The molecule has 0 aliphatic rings. The van der Waals surface area contributed by atoms with Crippen LogP contribution in [0.3, 0.4) is 0 Å². The molecule has 2 heteroatoms. The molecule has 0 saturated carbocycles. The van der Waals surface area contributed by atoms with Crippen LogP contribution in [0.2, 0.25) is 0 Å². The number of rotatable bonds is 9. The van der Waals surface area contributed by atoms with E-state index < -0.39 is 0 Å². The smallest absolute Gasteiger partial charge is 0.119 e. The summed E-state index contributed by atoms with van der Waals surface area (Å²) in [5.74, 6) is 0.919. The Morgan fingerprint density at radius 2 is 1.32 bits per heavy atom. The lowest BCUT2D eigenvalue weighted by Crippen LogP contribution is -2.27. The third-order valence-electron chi connectivity index (χ3n) is 4.93. The van der Waals surface area contributed by atoms with Gasteiger partial charge >= 0.3 is 0 Å². The van der Waals surface area contributed by atoms with Gasteiger partial charge in [-0.15, -0.1) is 0 Å². The Bertz CT molecular complexity index is 850. The third kappa shape index (κ3) is 5.58. The maximum Gasteiger partial charge on any atom is 0.119 e. The van der Waals surface area contributed by atoms with Crippen LogP contribution < -0.4 is 4.74 Å². The molecule has 3 aromatic rings. The summed E-state index contributed by atoms with van der Waals surface area (Å²) in [7, 11) is 0. The van der Waals surface area contributed by atoms with E-state index in [9.17, 15) is 0 Å². The van der Waals surface area contributed by atoms with Crippen LogP contribution in [-0.4, -0.2) is 31.1 Å². The van der Waals surface area contributed by atoms with Crippen LogP contribution in [-0.2, 0) is 0 Å². The zero-order valence-electron chi connectivity index (χ0n) is 16.8. The lowest BCUT2D eigenvalue weighted by molar-refractivity contribution is 0.223. The van der Waals surface area contributed by atoms with Crippen LogP contribution in [0.15, 0.2) is 84.9 Å². The number of ether oxygens (including phenoxy) is 1. The molecule has 0 aliphatic heterocycles. The van der Waals surface area contributed by atoms with Gasteiger partial charge in [0.2, 0.25) is 0 Å². The lowest BCUT2D eigenvalue weighted by Gasteiger charge is -2.18. The highest BCUT2D eigenvalue weighted by atomic mass is 16.5. The molecule has 0 heterocycles. The molecule has 2 nitrogen and oxygen atoms in total. The first-order chi connectivity index (χ1) is 13.8. The summed E-state index contributed by atoms with van der Waals surface area (Å²) in [6, 6.07) is 29.4. The van der Waals surface area contributed by atoms with Crippen molar-refractivity contribution in [1.82, 2.24) is 4.90 Å². The fourth-order valence-electron chi connectivity index (χ4n) is 3.23. The maximum absolute atomic E-state index is 5.94. The van der Waals surface area contributed by atoms with Gasteiger partial charge in [-0.3, -0.25) is 0 Å².